The Balaban J connectivity index is 2.16. The molecule has 0 aliphatic carbocycles. The fourth-order valence-corrected chi connectivity index (χ4v) is 2.16. The van der Waals surface area contributed by atoms with E-state index >= 15 is 0 Å². The average Bonchev–Trinajstić information content (AvgIpc) is 2.54. The number of ether oxygens (including phenoxy) is 1. The lowest BCUT2D eigenvalue weighted by Crippen LogP contribution is -2.50. The molecule has 0 bridgehead atoms. The molecule has 0 saturated carbocycles. The van der Waals surface area contributed by atoms with Crippen molar-refractivity contribution in [2.24, 2.45) is 5.41 Å². The standard InChI is InChI=1S/C14H23BFNO4/c1-12(2)8-17-11(18)19-9(12)7-10(16)15-20-13(3,4)14(5,6)21-15/h7,9H,8H2,1-6H3,(H,17,18). The van der Waals surface area contributed by atoms with Crippen molar-refractivity contribution >= 4 is 13.2 Å². The molecule has 1 unspecified atom stereocenters. The minimum Gasteiger partial charge on any atom is -0.441 e. The van der Waals surface area contributed by atoms with E-state index in [2.05, 4.69) is 5.32 Å². The van der Waals surface area contributed by atoms with Crippen LogP contribution in [0.15, 0.2) is 11.8 Å². The van der Waals surface area contributed by atoms with Crippen LogP contribution in [0.5, 0.6) is 0 Å². The Labute approximate surface area is 125 Å². The van der Waals surface area contributed by atoms with E-state index in [0.717, 1.165) is 0 Å². The third kappa shape index (κ3) is 3.08. The first-order valence-electron chi connectivity index (χ1n) is 7.12. The molecule has 2 saturated heterocycles. The zero-order chi connectivity index (χ0) is 16.1. The second-order valence-corrected chi connectivity index (χ2v) is 7.31. The molecule has 7 heteroatoms. The maximum absolute atomic E-state index is 14.4. The first-order valence-corrected chi connectivity index (χ1v) is 7.12. The van der Waals surface area contributed by atoms with Gasteiger partial charge in [-0.05, 0) is 33.8 Å². The molecular formula is C14H23BFNO4. The lowest BCUT2D eigenvalue weighted by Gasteiger charge is -2.36. The van der Waals surface area contributed by atoms with Gasteiger partial charge in [0.05, 0.1) is 11.2 Å². The SMILES string of the molecule is CC1(C)CNC(=O)OC1C=C(F)B1OC(C)(C)C(C)(C)O1. The number of hydrogen-bond acceptors (Lipinski definition) is 4. The molecule has 0 radical (unpaired) electrons. The Morgan fingerprint density at radius 1 is 1.24 bits per heavy atom. The van der Waals surface area contributed by atoms with Crippen molar-refractivity contribution in [3.05, 3.63) is 11.8 Å². The summed E-state index contributed by atoms with van der Waals surface area (Å²) in [4.78, 5) is 11.3. The van der Waals surface area contributed by atoms with Crippen molar-refractivity contribution in [2.75, 3.05) is 6.54 Å². The molecule has 1 atom stereocenters. The second kappa shape index (κ2) is 4.99. The van der Waals surface area contributed by atoms with Crippen molar-refractivity contribution < 1.29 is 23.2 Å². The smallest absolute Gasteiger partial charge is 0.441 e. The molecule has 2 aliphatic heterocycles. The van der Waals surface area contributed by atoms with Crippen LogP contribution < -0.4 is 5.32 Å². The van der Waals surface area contributed by atoms with E-state index in [4.69, 9.17) is 14.0 Å². The molecule has 1 amide bonds. The molecular weight excluding hydrogens is 276 g/mol. The maximum atomic E-state index is 14.4. The van der Waals surface area contributed by atoms with Gasteiger partial charge in [0.1, 0.15) is 11.8 Å². The van der Waals surface area contributed by atoms with Crippen molar-refractivity contribution in [2.45, 2.75) is 58.8 Å². The molecule has 0 aromatic carbocycles. The van der Waals surface area contributed by atoms with Gasteiger partial charge >= 0.3 is 13.2 Å². The van der Waals surface area contributed by atoms with E-state index in [1.54, 1.807) is 0 Å². The Hall–Kier alpha value is -1.08. The number of halogens is 1. The van der Waals surface area contributed by atoms with Gasteiger partial charge in [-0.15, -0.1) is 0 Å². The van der Waals surface area contributed by atoms with Crippen LogP contribution in [-0.2, 0) is 14.0 Å². The molecule has 1 N–H and O–H groups in total. The van der Waals surface area contributed by atoms with Crippen molar-refractivity contribution in [3.8, 4) is 0 Å². The second-order valence-electron chi connectivity index (χ2n) is 7.31. The highest BCUT2D eigenvalue weighted by Crippen LogP contribution is 2.39. The summed E-state index contributed by atoms with van der Waals surface area (Å²) in [6, 6.07) is 0. The van der Waals surface area contributed by atoms with E-state index in [1.165, 1.54) is 6.08 Å². The fourth-order valence-electron chi connectivity index (χ4n) is 2.16. The number of amides is 1. The lowest BCUT2D eigenvalue weighted by atomic mass is 9.80. The van der Waals surface area contributed by atoms with Gasteiger partial charge in [-0.1, -0.05) is 13.8 Å². The van der Waals surface area contributed by atoms with Crippen molar-refractivity contribution in [1.29, 1.82) is 0 Å². The zero-order valence-electron chi connectivity index (χ0n) is 13.5. The molecule has 5 nitrogen and oxygen atoms in total. The first-order chi connectivity index (χ1) is 9.45. The van der Waals surface area contributed by atoms with Crippen LogP contribution in [0.25, 0.3) is 0 Å². The number of nitrogens with one attached hydrogen (secondary N) is 1. The topological polar surface area (TPSA) is 56.8 Å². The minimum absolute atomic E-state index is 0.408. The van der Waals surface area contributed by atoms with E-state index in [0.29, 0.717) is 6.54 Å². The van der Waals surface area contributed by atoms with Crippen molar-refractivity contribution in [1.82, 2.24) is 5.32 Å². The molecule has 0 aromatic heterocycles. The van der Waals surface area contributed by atoms with E-state index in [-0.39, 0.29) is 0 Å². The summed E-state index contributed by atoms with van der Waals surface area (Å²) in [6.07, 6.45) is 0.0727. The number of carbonyl (C=O) groups excluding carboxylic acids is 1. The van der Waals surface area contributed by atoms with Crippen molar-refractivity contribution in [3.63, 3.8) is 0 Å². The van der Waals surface area contributed by atoms with Gasteiger partial charge < -0.3 is 19.4 Å². The molecule has 2 heterocycles. The summed E-state index contributed by atoms with van der Waals surface area (Å²) in [5.41, 5.74) is -2.19. The zero-order valence-corrected chi connectivity index (χ0v) is 13.5. The van der Waals surface area contributed by atoms with Gasteiger partial charge in [0.25, 0.3) is 0 Å². The summed E-state index contributed by atoms with van der Waals surface area (Å²) in [7, 11) is -1.07. The van der Waals surface area contributed by atoms with Gasteiger partial charge in [-0.2, -0.15) is 0 Å². The molecule has 118 valence electrons. The third-order valence-corrected chi connectivity index (χ3v) is 4.48. The summed E-state index contributed by atoms with van der Waals surface area (Å²) in [5.74, 6) is 0. The van der Waals surface area contributed by atoms with Crippen LogP contribution in [0.2, 0.25) is 0 Å². The Bertz CT molecular complexity index is 460. The van der Waals surface area contributed by atoms with Gasteiger partial charge in [0.2, 0.25) is 0 Å². The number of rotatable bonds is 2. The summed E-state index contributed by atoms with van der Waals surface area (Å²) in [5, 5.41) is 2.60. The number of hydrogen-bond donors (Lipinski definition) is 1. The third-order valence-electron chi connectivity index (χ3n) is 4.48. The highest BCUT2D eigenvalue weighted by atomic mass is 19.1. The van der Waals surface area contributed by atoms with Crippen LogP contribution in [0.3, 0.4) is 0 Å². The van der Waals surface area contributed by atoms with Gasteiger partial charge in [-0.3, -0.25) is 0 Å². The van der Waals surface area contributed by atoms with E-state index in [1.807, 2.05) is 41.5 Å². The van der Waals surface area contributed by atoms with E-state index < -0.39 is 41.7 Å². The van der Waals surface area contributed by atoms with Crippen LogP contribution in [0, 0.1) is 5.41 Å². The normalized spacial score (nSPS) is 30.8. The highest BCUT2D eigenvalue weighted by Gasteiger charge is 2.53. The highest BCUT2D eigenvalue weighted by molar-refractivity contribution is 6.53. The van der Waals surface area contributed by atoms with Crippen LogP contribution in [0.1, 0.15) is 41.5 Å². The van der Waals surface area contributed by atoms with Crippen LogP contribution in [-0.4, -0.2) is 37.1 Å². The Morgan fingerprint density at radius 3 is 2.29 bits per heavy atom. The number of cyclic esters (lactones) is 1. The minimum atomic E-state index is -1.07. The summed E-state index contributed by atoms with van der Waals surface area (Å²) in [6.45, 7) is 11.6. The van der Waals surface area contributed by atoms with Crippen LogP contribution >= 0.6 is 0 Å². The Morgan fingerprint density at radius 2 is 1.76 bits per heavy atom. The molecule has 0 spiro atoms. The van der Waals surface area contributed by atoms with Gasteiger partial charge in [-0.25, -0.2) is 9.18 Å². The number of alkyl carbamates (subject to hydrolysis) is 1. The van der Waals surface area contributed by atoms with Gasteiger partial charge in [0, 0.05) is 12.0 Å². The lowest BCUT2D eigenvalue weighted by molar-refractivity contribution is 0.00578. The van der Waals surface area contributed by atoms with Gasteiger partial charge in [0.15, 0.2) is 0 Å². The van der Waals surface area contributed by atoms with E-state index in [9.17, 15) is 9.18 Å². The molecule has 21 heavy (non-hydrogen) atoms. The predicted octanol–water partition coefficient (Wildman–Crippen LogP) is 2.61. The molecule has 2 aliphatic rings. The molecule has 2 fully saturated rings. The molecule has 2 rings (SSSR count). The number of carbonyl (C=O) groups is 1. The molecule has 0 aromatic rings. The van der Waals surface area contributed by atoms with Crippen LogP contribution in [0.4, 0.5) is 9.18 Å². The monoisotopic (exact) mass is 299 g/mol. The predicted molar refractivity (Wildman–Crippen MR) is 77.3 cm³/mol. The maximum Gasteiger partial charge on any atom is 0.525 e. The quantitative estimate of drug-likeness (QED) is 0.796. The first kappa shape index (κ1) is 16.3. The average molecular weight is 299 g/mol. The largest absolute Gasteiger partial charge is 0.525 e. The fraction of sp³-hybridized carbons (Fsp3) is 0.786. The Kier molecular flexibility index (Phi) is 3.87. The summed E-state index contributed by atoms with van der Waals surface area (Å²) >= 11 is 0. The summed E-state index contributed by atoms with van der Waals surface area (Å²) < 4.78 is 30.9.